The Labute approximate surface area is 174 Å². The van der Waals surface area contributed by atoms with Crippen molar-refractivity contribution < 1.29 is 19.8 Å². The lowest BCUT2D eigenvalue weighted by Crippen LogP contribution is -2.63. The summed E-state index contributed by atoms with van der Waals surface area (Å²) >= 11 is 1.59. The molecule has 160 valence electrons. The van der Waals surface area contributed by atoms with Crippen LogP contribution in [0.4, 0.5) is 0 Å². The van der Waals surface area contributed by atoms with Crippen molar-refractivity contribution in [1.29, 1.82) is 5.41 Å². The van der Waals surface area contributed by atoms with Crippen molar-refractivity contribution in [3.05, 3.63) is 10.6 Å². The van der Waals surface area contributed by atoms with Crippen LogP contribution in [0.3, 0.4) is 0 Å². The summed E-state index contributed by atoms with van der Waals surface area (Å²) in [5, 5.41) is 27.5. The summed E-state index contributed by atoms with van der Waals surface area (Å²) in [5.41, 5.74) is 5.67. The number of carbonyl (C=O) groups is 2. The van der Waals surface area contributed by atoms with E-state index in [9.17, 15) is 19.8 Å². The van der Waals surface area contributed by atoms with Gasteiger partial charge in [0.25, 0.3) is 0 Å². The second kappa shape index (κ2) is 7.48. The lowest BCUT2D eigenvalue weighted by atomic mass is 9.79. The Bertz CT molecular complexity index is 766. The maximum Gasteiger partial charge on any atom is 0.353 e. The van der Waals surface area contributed by atoms with E-state index < -0.39 is 18.0 Å². The van der Waals surface area contributed by atoms with Crippen molar-refractivity contribution >= 4 is 29.6 Å². The summed E-state index contributed by atoms with van der Waals surface area (Å²) in [5.74, 6) is -1.28. The number of guanidine groups is 1. The molecule has 0 aliphatic carbocycles. The zero-order valence-electron chi connectivity index (χ0n) is 16.7. The molecule has 0 bridgehead atoms. The third-order valence-corrected chi connectivity index (χ3v) is 8.12. The quantitative estimate of drug-likeness (QED) is 0.262. The predicted molar refractivity (Wildman–Crippen MR) is 109 cm³/mol. The molecule has 0 aromatic rings. The number of carbonyl (C=O) groups excluding carboxylic acids is 1. The highest BCUT2D eigenvalue weighted by molar-refractivity contribution is 8.03. The van der Waals surface area contributed by atoms with Crippen LogP contribution in [-0.2, 0) is 9.59 Å². The number of amides is 1. The van der Waals surface area contributed by atoms with E-state index in [0.29, 0.717) is 11.2 Å². The van der Waals surface area contributed by atoms with E-state index in [2.05, 4.69) is 4.90 Å². The lowest BCUT2D eigenvalue weighted by molar-refractivity contribution is -0.163. The molecule has 1 unspecified atom stereocenters. The smallest absolute Gasteiger partial charge is 0.353 e. The highest BCUT2D eigenvalue weighted by Gasteiger charge is 2.60. The molecule has 5 N–H and O–H groups in total. The number of nitrogens with two attached hydrogens (primary N) is 1. The fourth-order valence-electron chi connectivity index (χ4n) is 5.17. The summed E-state index contributed by atoms with van der Waals surface area (Å²) in [6.07, 6.45) is 0.268. The number of carboxylic acid groups (broad SMARTS) is 1. The van der Waals surface area contributed by atoms with Crippen LogP contribution in [-0.4, -0.2) is 92.9 Å². The molecule has 0 aromatic heterocycles. The topological polar surface area (TPSA) is 134 Å². The van der Waals surface area contributed by atoms with Crippen molar-refractivity contribution in [3.8, 4) is 0 Å². The maximum absolute atomic E-state index is 12.4. The van der Waals surface area contributed by atoms with Gasteiger partial charge in [0.05, 0.1) is 18.1 Å². The summed E-state index contributed by atoms with van der Waals surface area (Å²) in [6.45, 7) is 7.98. The number of thioether (sulfide) groups is 1. The molecule has 0 spiro atoms. The van der Waals surface area contributed by atoms with Gasteiger partial charge in [0.15, 0.2) is 5.96 Å². The first-order valence-corrected chi connectivity index (χ1v) is 11.0. The van der Waals surface area contributed by atoms with Gasteiger partial charge in [-0.05, 0) is 19.3 Å². The van der Waals surface area contributed by atoms with Crippen molar-refractivity contribution in [3.63, 3.8) is 0 Å². The number of aliphatic carboxylic acids is 1. The first-order chi connectivity index (χ1) is 13.7. The van der Waals surface area contributed by atoms with Crippen LogP contribution in [0, 0.1) is 23.2 Å². The summed E-state index contributed by atoms with van der Waals surface area (Å²) < 4.78 is 0. The van der Waals surface area contributed by atoms with E-state index in [0.717, 1.165) is 44.0 Å². The minimum atomic E-state index is -1.06. The summed E-state index contributed by atoms with van der Waals surface area (Å²) in [6, 6.07) is -0.247. The molecule has 0 aromatic carbocycles. The molecule has 0 radical (unpaired) electrons. The minimum absolute atomic E-state index is 0.0728. The van der Waals surface area contributed by atoms with Gasteiger partial charge in [-0.15, -0.1) is 11.8 Å². The molecular weight excluding hydrogens is 394 g/mol. The average Bonchev–Trinajstić information content (AvgIpc) is 3.15. The number of nitrogens with one attached hydrogen (secondary N) is 1. The summed E-state index contributed by atoms with van der Waals surface area (Å²) in [7, 11) is 0. The SMILES string of the molecule is C[C@@H](O)[C@H]1C(=O)N2C(C(=O)O)=C(SC3CN(CC4CCN(C(=N)N)C4)C3)[C@H](C)[C@H]12. The molecule has 4 aliphatic heterocycles. The van der Waals surface area contributed by atoms with Gasteiger partial charge in [0, 0.05) is 48.8 Å². The van der Waals surface area contributed by atoms with Crippen molar-refractivity contribution in [2.24, 2.45) is 23.5 Å². The second-order valence-corrected chi connectivity index (χ2v) is 10.1. The zero-order chi connectivity index (χ0) is 21.0. The Morgan fingerprint density at radius 1 is 1.38 bits per heavy atom. The number of rotatable bonds is 6. The van der Waals surface area contributed by atoms with Crippen LogP contribution >= 0.6 is 11.8 Å². The van der Waals surface area contributed by atoms with Gasteiger partial charge >= 0.3 is 5.97 Å². The van der Waals surface area contributed by atoms with E-state index in [1.165, 1.54) is 4.90 Å². The van der Waals surface area contributed by atoms with Gasteiger partial charge in [-0.3, -0.25) is 10.2 Å². The molecule has 3 saturated heterocycles. The molecular formula is C19H29N5O4S. The van der Waals surface area contributed by atoms with Crippen LogP contribution in [0.2, 0.25) is 0 Å². The van der Waals surface area contributed by atoms with E-state index in [-0.39, 0.29) is 29.5 Å². The standard InChI is InChI=1S/C19H29N5O4S/c1-9-14-13(10(2)25)17(26)24(14)15(18(27)28)16(9)29-12-7-22(8-12)5-11-3-4-23(6-11)19(20)21/h9-14,25H,3-8H2,1-2H3,(H3,20,21)(H,27,28)/t9-,10-,11?,13-,14-/m1/s1. The van der Waals surface area contributed by atoms with Gasteiger partial charge in [-0.2, -0.15) is 0 Å². The van der Waals surface area contributed by atoms with E-state index in [1.54, 1.807) is 18.7 Å². The van der Waals surface area contributed by atoms with E-state index >= 15 is 0 Å². The lowest BCUT2D eigenvalue weighted by Gasteiger charge is -2.46. The number of likely N-dealkylation sites (tertiary alicyclic amines) is 2. The molecule has 4 aliphatic rings. The molecule has 3 fully saturated rings. The third kappa shape index (κ3) is 3.40. The van der Waals surface area contributed by atoms with Crippen LogP contribution in [0.25, 0.3) is 0 Å². The zero-order valence-corrected chi connectivity index (χ0v) is 17.6. The molecule has 9 nitrogen and oxygen atoms in total. The van der Waals surface area contributed by atoms with E-state index in [1.807, 2.05) is 11.8 Å². The molecule has 29 heavy (non-hydrogen) atoms. The predicted octanol–water partition coefficient (Wildman–Crippen LogP) is -0.227. The van der Waals surface area contributed by atoms with Crippen LogP contribution < -0.4 is 5.73 Å². The van der Waals surface area contributed by atoms with Gasteiger partial charge < -0.3 is 30.6 Å². The Hall–Kier alpha value is -1.78. The molecule has 1 amide bonds. The first-order valence-electron chi connectivity index (χ1n) is 10.2. The summed E-state index contributed by atoms with van der Waals surface area (Å²) in [4.78, 5) is 30.7. The van der Waals surface area contributed by atoms with Gasteiger partial charge in [-0.1, -0.05) is 6.92 Å². The van der Waals surface area contributed by atoms with Crippen LogP contribution in [0.5, 0.6) is 0 Å². The number of hydrogen-bond acceptors (Lipinski definition) is 6. The molecule has 0 saturated carbocycles. The average molecular weight is 424 g/mol. The monoisotopic (exact) mass is 423 g/mol. The molecule has 4 heterocycles. The number of nitrogens with zero attached hydrogens (tertiary/aromatic N) is 3. The number of aliphatic hydroxyl groups excluding tert-OH is 1. The number of aliphatic hydroxyl groups is 1. The Kier molecular flexibility index (Phi) is 5.28. The fraction of sp³-hybridized carbons (Fsp3) is 0.737. The maximum atomic E-state index is 12.4. The van der Waals surface area contributed by atoms with Crippen molar-refractivity contribution in [2.75, 3.05) is 32.7 Å². The van der Waals surface area contributed by atoms with Gasteiger partial charge in [0.2, 0.25) is 5.91 Å². The normalized spacial score (nSPS) is 33.6. The van der Waals surface area contributed by atoms with E-state index in [4.69, 9.17) is 11.1 Å². The largest absolute Gasteiger partial charge is 0.477 e. The van der Waals surface area contributed by atoms with Crippen molar-refractivity contribution in [1.82, 2.24) is 14.7 Å². The highest BCUT2D eigenvalue weighted by atomic mass is 32.2. The Balaban J connectivity index is 1.35. The van der Waals surface area contributed by atoms with Crippen LogP contribution in [0.15, 0.2) is 10.6 Å². The Morgan fingerprint density at radius 2 is 2.07 bits per heavy atom. The van der Waals surface area contributed by atoms with Crippen molar-refractivity contribution in [2.45, 2.75) is 37.7 Å². The van der Waals surface area contributed by atoms with Crippen LogP contribution in [0.1, 0.15) is 20.3 Å². The Morgan fingerprint density at radius 3 is 2.62 bits per heavy atom. The van der Waals surface area contributed by atoms with Gasteiger partial charge in [-0.25, -0.2) is 4.79 Å². The second-order valence-electron chi connectivity index (χ2n) is 8.72. The molecule has 10 heteroatoms. The minimum Gasteiger partial charge on any atom is -0.477 e. The fourth-order valence-corrected chi connectivity index (χ4v) is 6.75. The number of carboxylic acids is 1. The number of hydrogen-bond donors (Lipinski definition) is 4. The first kappa shape index (κ1) is 20.5. The number of β-lactam (4-membered cyclic amide) rings is 1. The molecule has 4 rings (SSSR count). The van der Waals surface area contributed by atoms with Gasteiger partial charge in [0.1, 0.15) is 5.70 Å². The number of fused-ring (bicyclic) bond motifs is 1. The highest BCUT2D eigenvalue weighted by Crippen LogP contribution is 2.51. The molecule has 5 atom stereocenters. The third-order valence-electron chi connectivity index (χ3n) is 6.67.